The summed E-state index contributed by atoms with van der Waals surface area (Å²) in [5.41, 5.74) is 3.60. The summed E-state index contributed by atoms with van der Waals surface area (Å²) in [6.07, 6.45) is 0.920. The third-order valence-corrected chi connectivity index (χ3v) is 5.48. The third kappa shape index (κ3) is 4.47. The lowest BCUT2D eigenvalue weighted by atomic mass is 9.98. The minimum Gasteiger partial charge on any atom is -0.462 e. The van der Waals surface area contributed by atoms with Gasteiger partial charge in [-0.05, 0) is 43.5 Å². The standard InChI is InChI=1S/C17H20N3O3PS.CH4/c1-3-23-16(22)14-10(2)18-17(25-14)19-15(21)12-4-5-13-9-20(24)7-6-11(13)8-12;/h4-5,8H,3,6-7,9,24H2,1-2H3,(H,18,19,21);1H4. The summed E-state index contributed by atoms with van der Waals surface area (Å²) in [4.78, 5) is 29.0. The Labute approximate surface area is 160 Å². The highest BCUT2D eigenvalue weighted by Gasteiger charge is 2.19. The van der Waals surface area contributed by atoms with E-state index in [0.717, 1.165) is 30.8 Å². The van der Waals surface area contributed by atoms with Gasteiger partial charge in [0.1, 0.15) is 4.88 Å². The maximum absolute atomic E-state index is 12.5. The van der Waals surface area contributed by atoms with Crippen molar-refractivity contribution in [3.63, 3.8) is 0 Å². The molecular formula is C18H24N3O3PS. The van der Waals surface area contributed by atoms with Crippen LogP contribution in [0.15, 0.2) is 18.2 Å². The van der Waals surface area contributed by atoms with Gasteiger partial charge in [-0.2, -0.15) is 0 Å². The first kappa shape index (κ1) is 20.5. The van der Waals surface area contributed by atoms with Crippen molar-refractivity contribution in [1.82, 2.24) is 9.65 Å². The summed E-state index contributed by atoms with van der Waals surface area (Å²) in [5.74, 6) is -0.631. The number of thiazole rings is 1. The van der Waals surface area contributed by atoms with E-state index in [1.807, 2.05) is 18.2 Å². The number of aromatic nitrogens is 1. The number of nitrogens with one attached hydrogen (secondary N) is 1. The molecule has 0 spiro atoms. The Hall–Kier alpha value is -1.82. The fourth-order valence-electron chi connectivity index (χ4n) is 2.72. The van der Waals surface area contributed by atoms with Crippen LogP contribution in [0.25, 0.3) is 0 Å². The molecule has 2 heterocycles. The van der Waals surface area contributed by atoms with Gasteiger partial charge in [0.05, 0.1) is 12.3 Å². The molecule has 1 unspecified atom stereocenters. The van der Waals surface area contributed by atoms with E-state index in [9.17, 15) is 9.59 Å². The van der Waals surface area contributed by atoms with Gasteiger partial charge in [-0.1, -0.05) is 34.2 Å². The maximum Gasteiger partial charge on any atom is 0.350 e. The molecule has 0 radical (unpaired) electrons. The van der Waals surface area contributed by atoms with Gasteiger partial charge in [-0.15, -0.1) is 0 Å². The van der Waals surface area contributed by atoms with Gasteiger partial charge in [0.2, 0.25) is 0 Å². The van der Waals surface area contributed by atoms with Crippen LogP contribution in [-0.4, -0.2) is 34.7 Å². The van der Waals surface area contributed by atoms with Crippen LogP contribution in [0.5, 0.6) is 0 Å². The molecule has 0 aliphatic carbocycles. The minimum absolute atomic E-state index is 0. The molecule has 8 heteroatoms. The van der Waals surface area contributed by atoms with Crippen molar-refractivity contribution in [1.29, 1.82) is 0 Å². The Morgan fingerprint density at radius 2 is 2.15 bits per heavy atom. The highest BCUT2D eigenvalue weighted by atomic mass is 32.1. The van der Waals surface area contributed by atoms with Gasteiger partial charge in [-0.25, -0.2) is 9.78 Å². The lowest BCUT2D eigenvalue weighted by Gasteiger charge is -2.24. The number of nitrogens with zero attached hydrogens (tertiary/aromatic N) is 2. The zero-order chi connectivity index (χ0) is 18.0. The van der Waals surface area contributed by atoms with Gasteiger partial charge in [0.25, 0.3) is 5.91 Å². The number of esters is 1. The molecule has 0 bridgehead atoms. The zero-order valence-electron chi connectivity index (χ0n) is 14.2. The van der Waals surface area contributed by atoms with E-state index >= 15 is 0 Å². The van der Waals surface area contributed by atoms with E-state index < -0.39 is 5.97 Å². The highest BCUT2D eigenvalue weighted by Crippen LogP contribution is 2.25. The number of amides is 1. The van der Waals surface area contributed by atoms with Crippen molar-refractivity contribution in [2.45, 2.75) is 34.2 Å². The molecule has 3 rings (SSSR count). The molecule has 1 aromatic carbocycles. The van der Waals surface area contributed by atoms with E-state index in [4.69, 9.17) is 4.74 Å². The fourth-order valence-corrected chi connectivity index (χ4v) is 3.90. The second-order valence-corrected chi connectivity index (χ2v) is 7.54. The molecule has 0 saturated carbocycles. The SMILES string of the molecule is C.CCOC(=O)c1sc(NC(=O)c2ccc3c(c2)CCN(P)C3)nc1C. The predicted molar refractivity (Wildman–Crippen MR) is 108 cm³/mol. The van der Waals surface area contributed by atoms with Crippen LogP contribution in [0.4, 0.5) is 5.13 Å². The van der Waals surface area contributed by atoms with E-state index in [0.29, 0.717) is 27.9 Å². The number of benzene rings is 1. The van der Waals surface area contributed by atoms with Gasteiger partial charge >= 0.3 is 5.97 Å². The number of carbonyl (C=O) groups excluding carboxylic acids is 2. The maximum atomic E-state index is 12.5. The minimum atomic E-state index is -0.409. The molecule has 6 nitrogen and oxygen atoms in total. The number of ether oxygens (including phenoxy) is 1. The molecular weight excluding hydrogens is 369 g/mol. The monoisotopic (exact) mass is 393 g/mol. The van der Waals surface area contributed by atoms with Crippen molar-refractivity contribution in [3.8, 4) is 0 Å². The molecule has 2 aromatic rings. The van der Waals surface area contributed by atoms with Crippen molar-refractivity contribution >= 4 is 37.7 Å². The molecule has 26 heavy (non-hydrogen) atoms. The summed E-state index contributed by atoms with van der Waals surface area (Å²) in [6.45, 7) is 5.61. The summed E-state index contributed by atoms with van der Waals surface area (Å²) in [7, 11) is 2.71. The molecule has 1 N–H and O–H groups in total. The topological polar surface area (TPSA) is 71.5 Å². The van der Waals surface area contributed by atoms with Crippen LogP contribution >= 0.6 is 20.7 Å². The molecule has 0 saturated heterocycles. The van der Waals surface area contributed by atoms with Gasteiger partial charge in [-0.3, -0.25) is 14.8 Å². The average Bonchev–Trinajstić information content (AvgIpc) is 2.95. The molecule has 1 aliphatic heterocycles. The van der Waals surface area contributed by atoms with Gasteiger partial charge in [0, 0.05) is 18.7 Å². The molecule has 0 fully saturated rings. The van der Waals surface area contributed by atoms with Crippen LogP contribution in [0.3, 0.4) is 0 Å². The van der Waals surface area contributed by atoms with Crippen molar-refractivity contribution in [2.75, 3.05) is 18.5 Å². The van der Waals surface area contributed by atoms with Gasteiger partial charge < -0.3 is 4.74 Å². The molecule has 1 aromatic heterocycles. The number of hydrogen-bond acceptors (Lipinski definition) is 6. The number of hydrogen-bond donors (Lipinski definition) is 1. The Morgan fingerprint density at radius 1 is 1.38 bits per heavy atom. The Bertz CT molecular complexity index is 822. The van der Waals surface area contributed by atoms with Crippen molar-refractivity contribution < 1.29 is 14.3 Å². The summed E-state index contributed by atoms with van der Waals surface area (Å²) in [5, 5.41) is 3.18. The Morgan fingerprint density at radius 3 is 2.88 bits per heavy atom. The van der Waals surface area contributed by atoms with Crippen molar-refractivity contribution in [2.24, 2.45) is 0 Å². The Balaban J connectivity index is 0.00000243. The largest absolute Gasteiger partial charge is 0.462 e. The van der Waals surface area contributed by atoms with Crippen LogP contribution in [0.2, 0.25) is 0 Å². The smallest absolute Gasteiger partial charge is 0.350 e. The zero-order valence-corrected chi connectivity index (χ0v) is 16.1. The van der Waals surface area contributed by atoms with Crippen LogP contribution in [0, 0.1) is 6.92 Å². The molecule has 1 aliphatic rings. The van der Waals surface area contributed by atoms with E-state index in [1.54, 1.807) is 13.8 Å². The number of aryl methyl sites for hydroxylation is 1. The first-order valence-corrected chi connectivity index (χ1v) is 9.38. The average molecular weight is 393 g/mol. The van der Waals surface area contributed by atoms with E-state index in [2.05, 4.69) is 24.4 Å². The lowest BCUT2D eigenvalue weighted by molar-refractivity contribution is 0.0531. The fraction of sp³-hybridized carbons (Fsp3) is 0.389. The number of anilines is 1. The quantitative estimate of drug-likeness (QED) is 0.634. The summed E-state index contributed by atoms with van der Waals surface area (Å²) >= 11 is 1.13. The normalized spacial score (nSPS) is 13.5. The first-order chi connectivity index (χ1) is 12.0. The van der Waals surface area contributed by atoms with E-state index in [1.165, 1.54) is 11.1 Å². The van der Waals surface area contributed by atoms with E-state index in [-0.39, 0.29) is 13.3 Å². The highest BCUT2D eigenvalue weighted by molar-refractivity contribution is 7.17. The second-order valence-electron chi connectivity index (χ2n) is 5.81. The molecule has 1 amide bonds. The molecule has 1 atom stereocenters. The predicted octanol–water partition coefficient (Wildman–Crippen LogP) is 3.66. The van der Waals surface area contributed by atoms with Crippen LogP contribution < -0.4 is 5.32 Å². The summed E-state index contributed by atoms with van der Waals surface area (Å²) in [6, 6.07) is 5.76. The third-order valence-electron chi connectivity index (χ3n) is 3.99. The summed E-state index contributed by atoms with van der Waals surface area (Å²) < 4.78 is 7.17. The van der Waals surface area contributed by atoms with Crippen LogP contribution in [0.1, 0.15) is 51.2 Å². The van der Waals surface area contributed by atoms with Crippen molar-refractivity contribution in [3.05, 3.63) is 45.5 Å². The van der Waals surface area contributed by atoms with Gasteiger partial charge in [0.15, 0.2) is 5.13 Å². The number of fused-ring (bicyclic) bond motifs is 1. The number of rotatable bonds is 4. The first-order valence-electron chi connectivity index (χ1n) is 8.05. The second kappa shape index (κ2) is 8.71. The van der Waals surface area contributed by atoms with Crippen LogP contribution in [-0.2, 0) is 17.7 Å². The lowest BCUT2D eigenvalue weighted by Crippen LogP contribution is -2.22. The Kier molecular flexibility index (Phi) is 6.87. The number of carbonyl (C=O) groups is 2. The molecule has 140 valence electrons.